The SMILES string of the molecule is Cc1cc([C@H](C)Oc2cc(C(N)=O)ccc2N)on1. The second-order valence-electron chi connectivity index (χ2n) is 4.25. The first kappa shape index (κ1) is 12.9. The van der Waals surface area contributed by atoms with E-state index < -0.39 is 5.91 Å². The predicted octanol–water partition coefficient (Wildman–Crippen LogP) is 1.80. The molecular weight excluding hydrogens is 246 g/mol. The molecule has 2 aromatic rings. The van der Waals surface area contributed by atoms with Gasteiger partial charge in [0.25, 0.3) is 0 Å². The number of anilines is 1. The first-order valence-electron chi connectivity index (χ1n) is 5.76. The molecule has 0 saturated heterocycles. The number of hydrogen-bond donors (Lipinski definition) is 2. The van der Waals surface area contributed by atoms with E-state index >= 15 is 0 Å². The molecule has 6 nitrogen and oxygen atoms in total. The van der Waals surface area contributed by atoms with E-state index in [1.807, 2.05) is 6.92 Å². The number of rotatable bonds is 4. The number of amides is 1. The standard InChI is InChI=1S/C13H15N3O3/c1-7-5-11(19-16-7)8(2)18-12-6-9(13(15)17)3-4-10(12)14/h3-6,8H,14H2,1-2H3,(H2,15,17)/t8-/m0/s1. The number of nitrogens with two attached hydrogens (primary N) is 2. The Labute approximate surface area is 110 Å². The number of aryl methyl sites for hydroxylation is 1. The Bertz CT molecular complexity index is 607. The first-order valence-corrected chi connectivity index (χ1v) is 5.76. The van der Waals surface area contributed by atoms with Gasteiger partial charge in [-0.15, -0.1) is 0 Å². The molecular formula is C13H15N3O3. The molecule has 0 spiro atoms. The van der Waals surface area contributed by atoms with Crippen molar-refractivity contribution in [2.45, 2.75) is 20.0 Å². The van der Waals surface area contributed by atoms with Crippen molar-refractivity contribution in [3.8, 4) is 5.75 Å². The number of nitrogen functional groups attached to an aromatic ring is 1. The van der Waals surface area contributed by atoms with Gasteiger partial charge in [-0.05, 0) is 32.0 Å². The molecule has 1 aromatic heterocycles. The van der Waals surface area contributed by atoms with Gasteiger partial charge in [-0.3, -0.25) is 4.79 Å². The van der Waals surface area contributed by atoms with E-state index in [2.05, 4.69) is 5.16 Å². The molecule has 2 rings (SSSR count). The summed E-state index contributed by atoms with van der Waals surface area (Å²) < 4.78 is 10.8. The fourth-order valence-corrected chi connectivity index (χ4v) is 1.61. The smallest absolute Gasteiger partial charge is 0.248 e. The van der Waals surface area contributed by atoms with Crippen LogP contribution in [0.1, 0.15) is 34.8 Å². The minimum atomic E-state index is -0.534. The lowest BCUT2D eigenvalue weighted by atomic mass is 10.2. The summed E-state index contributed by atoms with van der Waals surface area (Å²) in [5.41, 5.74) is 12.5. The molecule has 0 aliphatic carbocycles. The quantitative estimate of drug-likeness (QED) is 0.816. The summed E-state index contributed by atoms with van der Waals surface area (Å²) in [7, 11) is 0. The van der Waals surface area contributed by atoms with Gasteiger partial charge in [-0.1, -0.05) is 5.16 Å². The summed E-state index contributed by atoms with van der Waals surface area (Å²) in [6.07, 6.45) is -0.369. The largest absolute Gasteiger partial charge is 0.480 e. The minimum Gasteiger partial charge on any atom is -0.480 e. The predicted molar refractivity (Wildman–Crippen MR) is 69.7 cm³/mol. The van der Waals surface area contributed by atoms with E-state index in [1.165, 1.54) is 6.07 Å². The van der Waals surface area contributed by atoms with Crippen LogP contribution in [0.3, 0.4) is 0 Å². The van der Waals surface area contributed by atoms with Crippen molar-refractivity contribution in [1.82, 2.24) is 5.16 Å². The Balaban J connectivity index is 2.22. The Kier molecular flexibility index (Phi) is 3.41. The Morgan fingerprint density at radius 3 is 2.74 bits per heavy atom. The van der Waals surface area contributed by atoms with Crippen LogP contribution in [0.5, 0.6) is 5.75 Å². The van der Waals surface area contributed by atoms with Gasteiger partial charge in [0.05, 0.1) is 11.4 Å². The van der Waals surface area contributed by atoms with Crippen LogP contribution in [0.15, 0.2) is 28.8 Å². The number of carbonyl (C=O) groups is 1. The molecule has 4 N–H and O–H groups in total. The third kappa shape index (κ3) is 2.85. The van der Waals surface area contributed by atoms with Gasteiger partial charge in [0.15, 0.2) is 11.9 Å². The number of aromatic nitrogens is 1. The van der Waals surface area contributed by atoms with Gasteiger partial charge in [0.2, 0.25) is 5.91 Å². The average Bonchev–Trinajstić information content (AvgIpc) is 2.78. The molecule has 100 valence electrons. The van der Waals surface area contributed by atoms with E-state index in [0.29, 0.717) is 22.8 Å². The molecule has 1 amide bonds. The summed E-state index contributed by atoms with van der Waals surface area (Å²) in [5, 5.41) is 3.79. The molecule has 0 unspecified atom stereocenters. The van der Waals surface area contributed by atoms with Crippen LogP contribution in [-0.4, -0.2) is 11.1 Å². The number of carbonyl (C=O) groups excluding carboxylic acids is 1. The number of nitrogens with zero attached hydrogens (tertiary/aromatic N) is 1. The fraction of sp³-hybridized carbons (Fsp3) is 0.231. The van der Waals surface area contributed by atoms with Gasteiger partial charge in [-0.25, -0.2) is 0 Å². The molecule has 0 saturated carbocycles. The number of ether oxygens (including phenoxy) is 1. The van der Waals surface area contributed by atoms with Crippen LogP contribution in [0.25, 0.3) is 0 Å². The van der Waals surface area contributed by atoms with E-state index in [1.54, 1.807) is 25.1 Å². The maximum atomic E-state index is 11.1. The minimum absolute atomic E-state index is 0.338. The normalized spacial score (nSPS) is 12.1. The summed E-state index contributed by atoms with van der Waals surface area (Å²) in [5.74, 6) is 0.437. The third-order valence-corrected chi connectivity index (χ3v) is 2.65. The highest BCUT2D eigenvalue weighted by Crippen LogP contribution is 2.28. The summed E-state index contributed by atoms with van der Waals surface area (Å²) >= 11 is 0. The van der Waals surface area contributed by atoms with Gasteiger partial charge >= 0.3 is 0 Å². The van der Waals surface area contributed by atoms with Crippen molar-refractivity contribution < 1.29 is 14.1 Å². The van der Waals surface area contributed by atoms with Gasteiger partial charge in [-0.2, -0.15) is 0 Å². The highest BCUT2D eigenvalue weighted by molar-refractivity contribution is 5.93. The van der Waals surface area contributed by atoms with Crippen molar-refractivity contribution in [1.29, 1.82) is 0 Å². The van der Waals surface area contributed by atoms with Crippen LogP contribution in [0.2, 0.25) is 0 Å². The van der Waals surface area contributed by atoms with E-state index in [9.17, 15) is 4.79 Å². The summed E-state index contributed by atoms with van der Waals surface area (Å²) in [6.45, 7) is 3.62. The highest BCUT2D eigenvalue weighted by atomic mass is 16.5. The molecule has 1 aromatic carbocycles. The zero-order valence-corrected chi connectivity index (χ0v) is 10.7. The molecule has 0 aliphatic rings. The summed E-state index contributed by atoms with van der Waals surface area (Å²) in [4.78, 5) is 11.1. The lowest BCUT2D eigenvalue weighted by molar-refractivity contribution is 0.0999. The summed E-state index contributed by atoms with van der Waals surface area (Å²) in [6, 6.07) is 6.41. The maximum Gasteiger partial charge on any atom is 0.248 e. The number of benzene rings is 1. The van der Waals surface area contributed by atoms with Crippen LogP contribution in [-0.2, 0) is 0 Å². The monoisotopic (exact) mass is 261 g/mol. The highest BCUT2D eigenvalue weighted by Gasteiger charge is 2.15. The average molecular weight is 261 g/mol. The van der Waals surface area contributed by atoms with Crippen molar-refractivity contribution in [2.24, 2.45) is 5.73 Å². The lowest BCUT2D eigenvalue weighted by Crippen LogP contribution is -2.12. The second-order valence-corrected chi connectivity index (χ2v) is 4.25. The molecule has 0 radical (unpaired) electrons. The van der Waals surface area contributed by atoms with E-state index in [0.717, 1.165) is 5.69 Å². The van der Waals surface area contributed by atoms with Crippen LogP contribution >= 0.6 is 0 Å². The Morgan fingerprint density at radius 1 is 1.42 bits per heavy atom. The van der Waals surface area contributed by atoms with Crippen LogP contribution in [0, 0.1) is 6.92 Å². The van der Waals surface area contributed by atoms with Crippen molar-refractivity contribution >= 4 is 11.6 Å². The van der Waals surface area contributed by atoms with E-state index in [4.69, 9.17) is 20.7 Å². The molecule has 1 atom stereocenters. The molecule has 6 heteroatoms. The molecule has 0 bridgehead atoms. The molecule has 19 heavy (non-hydrogen) atoms. The van der Waals surface area contributed by atoms with Crippen molar-refractivity contribution in [3.63, 3.8) is 0 Å². The van der Waals surface area contributed by atoms with Crippen molar-refractivity contribution in [2.75, 3.05) is 5.73 Å². The van der Waals surface area contributed by atoms with Gasteiger partial charge in [0.1, 0.15) is 5.75 Å². The Morgan fingerprint density at radius 2 is 2.16 bits per heavy atom. The third-order valence-electron chi connectivity index (χ3n) is 2.65. The topological polar surface area (TPSA) is 104 Å². The zero-order chi connectivity index (χ0) is 14.0. The lowest BCUT2D eigenvalue weighted by Gasteiger charge is -2.14. The van der Waals surface area contributed by atoms with Crippen LogP contribution < -0.4 is 16.2 Å². The Hall–Kier alpha value is -2.50. The second kappa shape index (κ2) is 5.01. The molecule has 0 aliphatic heterocycles. The number of primary amides is 1. The molecule has 0 fully saturated rings. The zero-order valence-electron chi connectivity index (χ0n) is 10.7. The molecule has 1 heterocycles. The van der Waals surface area contributed by atoms with Gasteiger partial charge < -0.3 is 20.7 Å². The maximum absolute atomic E-state index is 11.1. The fourth-order valence-electron chi connectivity index (χ4n) is 1.61. The van der Waals surface area contributed by atoms with Gasteiger partial charge in [0, 0.05) is 11.6 Å². The van der Waals surface area contributed by atoms with Crippen molar-refractivity contribution in [3.05, 3.63) is 41.3 Å². The number of hydrogen-bond acceptors (Lipinski definition) is 5. The van der Waals surface area contributed by atoms with E-state index in [-0.39, 0.29) is 6.10 Å². The first-order chi connectivity index (χ1) is 8.97. The van der Waals surface area contributed by atoms with Crippen LogP contribution in [0.4, 0.5) is 5.69 Å².